The first kappa shape index (κ1) is 14.7. The van der Waals surface area contributed by atoms with Crippen LogP contribution in [-0.4, -0.2) is 28.3 Å². The summed E-state index contributed by atoms with van der Waals surface area (Å²) in [4.78, 5) is 13.0. The third-order valence-electron chi connectivity index (χ3n) is 2.42. The van der Waals surface area contributed by atoms with Gasteiger partial charge in [-0.1, -0.05) is 24.9 Å². The minimum atomic E-state index is -0.979. The zero-order valence-electron chi connectivity index (χ0n) is 9.54. The molecule has 0 spiro atoms. The third kappa shape index (κ3) is 8.08. The molecule has 6 nitrogen and oxygen atoms in total. The molecule has 0 rings (SSSR count). The highest BCUT2D eigenvalue weighted by atomic mass is 16.4. The van der Waals surface area contributed by atoms with Gasteiger partial charge in [0.25, 0.3) is 0 Å². The second-order valence-electron chi connectivity index (χ2n) is 3.80. The lowest BCUT2D eigenvalue weighted by molar-refractivity contribution is -0.139. The Hall–Kier alpha value is -1.26. The number of nitrogens with zero attached hydrogens (tertiary/aromatic N) is 3. The predicted molar refractivity (Wildman–Crippen MR) is 60.0 cm³/mol. The van der Waals surface area contributed by atoms with Crippen LogP contribution in [0.2, 0.25) is 0 Å². The summed E-state index contributed by atoms with van der Waals surface area (Å²) in [5.74, 6) is -0.979. The fraction of sp³-hybridized carbons (Fsp3) is 0.900. The molecule has 0 amide bonds. The van der Waals surface area contributed by atoms with Crippen molar-refractivity contribution in [3.8, 4) is 0 Å². The van der Waals surface area contributed by atoms with Crippen molar-refractivity contribution in [2.24, 2.45) is 5.11 Å². The van der Waals surface area contributed by atoms with Gasteiger partial charge in [-0.05, 0) is 24.8 Å². The van der Waals surface area contributed by atoms with E-state index in [-0.39, 0.29) is 12.5 Å². The zero-order chi connectivity index (χ0) is 12.4. The molecule has 0 aromatic rings. The topological polar surface area (TPSA) is 106 Å². The Morgan fingerprint density at radius 2 is 2.06 bits per heavy atom. The highest BCUT2D eigenvalue weighted by molar-refractivity contribution is 5.67. The van der Waals surface area contributed by atoms with Gasteiger partial charge in [-0.2, -0.15) is 0 Å². The molecule has 0 aromatic carbocycles. The lowest BCUT2D eigenvalue weighted by Crippen LogP contribution is -2.12. The van der Waals surface area contributed by atoms with Gasteiger partial charge in [-0.25, -0.2) is 0 Å². The van der Waals surface area contributed by atoms with Crippen LogP contribution >= 0.6 is 0 Å². The molecule has 1 unspecified atom stereocenters. The fourth-order valence-electron chi connectivity index (χ4n) is 1.48. The van der Waals surface area contributed by atoms with Crippen LogP contribution in [0, 0.1) is 0 Å². The van der Waals surface area contributed by atoms with Gasteiger partial charge < -0.3 is 10.2 Å². The molecule has 16 heavy (non-hydrogen) atoms. The summed E-state index contributed by atoms with van der Waals surface area (Å²) in [7, 11) is 0. The van der Waals surface area contributed by atoms with Crippen LogP contribution in [0.3, 0.4) is 0 Å². The molecular formula is C10H19N3O3. The van der Waals surface area contributed by atoms with Crippen molar-refractivity contribution < 1.29 is 15.0 Å². The second kappa shape index (κ2) is 9.00. The van der Waals surface area contributed by atoms with Crippen molar-refractivity contribution in [2.75, 3.05) is 0 Å². The first-order valence-electron chi connectivity index (χ1n) is 5.54. The van der Waals surface area contributed by atoms with E-state index in [9.17, 15) is 9.90 Å². The van der Waals surface area contributed by atoms with Gasteiger partial charge in [-0.3, -0.25) is 4.79 Å². The summed E-state index contributed by atoms with van der Waals surface area (Å²) in [6.45, 7) is 1.96. The minimum absolute atomic E-state index is 0.0154. The van der Waals surface area contributed by atoms with Crippen LogP contribution < -0.4 is 0 Å². The second-order valence-corrected chi connectivity index (χ2v) is 3.80. The normalized spacial score (nSPS) is 13.9. The van der Waals surface area contributed by atoms with Crippen molar-refractivity contribution in [1.82, 2.24) is 0 Å². The van der Waals surface area contributed by atoms with Crippen molar-refractivity contribution in [3.05, 3.63) is 10.4 Å². The van der Waals surface area contributed by atoms with E-state index < -0.39 is 12.1 Å². The predicted octanol–water partition coefficient (Wildman–Crippen LogP) is 2.47. The van der Waals surface area contributed by atoms with E-state index in [2.05, 4.69) is 10.0 Å². The molecule has 0 aliphatic carbocycles. The highest BCUT2D eigenvalue weighted by Crippen LogP contribution is 2.12. The maximum Gasteiger partial charge on any atom is 0.305 e. The van der Waals surface area contributed by atoms with Crippen LogP contribution in [-0.2, 0) is 4.79 Å². The Balaban J connectivity index is 3.58. The van der Waals surface area contributed by atoms with E-state index in [0.717, 1.165) is 25.7 Å². The largest absolute Gasteiger partial charge is 0.481 e. The summed E-state index contributed by atoms with van der Waals surface area (Å²) in [5, 5.41) is 21.3. The average molecular weight is 229 g/mol. The number of aliphatic hydroxyl groups excluding tert-OH is 1. The number of hydrogen-bond acceptors (Lipinski definition) is 3. The standard InChI is InChI=1S/C10H19N3O3/c1-2-8(12-13-11)5-3-4-6-9(14)7-10(15)16/h8-9,14H,2-7H2,1H3,(H,15,16)/t8?,9-/m1/s1. The van der Waals surface area contributed by atoms with Gasteiger partial charge in [-0.15, -0.1) is 0 Å². The van der Waals surface area contributed by atoms with Crippen LogP contribution in [0.4, 0.5) is 0 Å². The molecule has 0 aromatic heterocycles. The van der Waals surface area contributed by atoms with E-state index in [0.29, 0.717) is 6.42 Å². The number of aliphatic carboxylic acids is 1. The Morgan fingerprint density at radius 3 is 2.56 bits per heavy atom. The molecule has 0 saturated heterocycles. The van der Waals surface area contributed by atoms with E-state index in [1.54, 1.807) is 0 Å². The van der Waals surface area contributed by atoms with E-state index >= 15 is 0 Å². The molecule has 2 N–H and O–H groups in total. The van der Waals surface area contributed by atoms with E-state index in [4.69, 9.17) is 10.6 Å². The van der Waals surface area contributed by atoms with Crippen molar-refractivity contribution >= 4 is 5.97 Å². The molecule has 0 fully saturated rings. The Bertz CT molecular complexity index is 252. The minimum Gasteiger partial charge on any atom is -0.481 e. The maximum absolute atomic E-state index is 10.3. The van der Waals surface area contributed by atoms with Crippen molar-refractivity contribution in [3.63, 3.8) is 0 Å². The number of hydrogen-bond donors (Lipinski definition) is 2. The number of carboxylic acid groups (broad SMARTS) is 1. The Morgan fingerprint density at radius 1 is 1.44 bits per heavy atom. The molecule has 0 bridgehead atoms. The molecule has 0 radical (unpaired) electrons. The van der Waals surface area contributed by atoms with Crippen molar-refractivity contribution in [1.29, 1.82) is 0 Å². The number of unbranched alkanes of at least 4 members (excludes halogenated alkanes) is 1. The highest BCUT2D eigenvalue weighted by Gasteiger charge is 2.09. The molecule has 0 aliphatic rings. The molecule has 0 saturated carbocycles. The monoisotopic (exact) mass is 229 g/mol. The van der Waals surface area contributed by atoms with Crippen LogP contribution in [0.1, 0.15) is 45.4 Å². The summed E-state index contributed by atoms with van der Waals surface area (Å²) < 4.78 is 0. The lowest BCUT2D eigenvalue weighted by Gasteiger charge is -2.09. The molecule has 2 atom stereocenters. The van der Waals surface area contributed by atoms with Crippen LogP contribution in [0.5, 0.6) is 0 Å². The van der Waals surface area contributed by atoms with Crippen molar-refractivity contribution in [2.45, 2.75) is 57.6 Å². The van der Waals surface area contributed by atoms with Gasteiger partial charge in [0.15, 0.2) is 0 Å². The number of rotatable bonds is 9. The summed E-state index contributed by atoms with van der Waals surface area (Å²) in [6.07, 6.45) is 2.71. The van der Waals surface area contributed by atoms with Crippen LogP contribution in [0.25, 0.3) is 10.4 Å². The van der Waals surface area contributed by atoms with E-state index in [1.807, 2.05) is 6.92 Å². The molecular weight excluding hydrogens is 210 g/mol. The molecule has 0 aliphatic heterocycles. The SMILES string of the molecule is CCC(CCCC[C@@H](O)CC(=O)O)N=[N+]=[N-]. The Kier molecular flexibility index (Phi) is 8.29. The summed E-state index contributed by atoms with van der Waals surface area (Å²) in [5.41, 5.74) is 8.26. The quantitative estimate of drug-likeness (QED) is 0.274. The Labute approximate surface area is 94.9 Å². The van der Waals surface area contributed by atoms with Crippen LogP contribution in [0.15, 0.2) is 5.11 Å². The lowest BCUT2D eigenvalue weighted by atomic mass is 10.0. The molecule has 6 heteroatoms. The average Bonchev–Trinajstić information content (AvgIpc) is 2.21. The number of aliphatic hydroxyl groups is 1. The van der Waals surface area contributed by atoms with Gasteiger partial charge in [0.05, 0.1) is 12.5 Å². The molecule has 0 heterocycles. The first-order chi connectivity index (χ1) is 7.60. The number of carboxylic acids is 1. The van der Waals surface area contributed by atoms with Gasteiger partial charge in [0, 0.05) is 11.0 Å². The first-order valence-corrected chi connectivity index (χ1v) is 5.54. The number of azide groups is 1. The molecule has 92 valence electrons. The number of carbonyl (C=O) groups is 1. The van der Waals surface area contributed by atoms with Gasteiger partial charge >= 0.3 is 5.97 Å². The zero-order valence-corrected chi connectivity index (χ0v) is 9.54. The maximum atomic E-state index is 10.3. The van der Waals surface area contributed by atoms with Gasteiger partial charge in [0.2, 0.25) is 0 Å². The van der Waals surface area contributed by atoms with E-state index in [1.165, 1.54) is 0 Å². The summed E-state index contributed by atoms with van der Waals surface area (Å²) >= 11 is 0. The fourth-order valence-corrected chi connectivity index (χ4v) is 1.48. The summed E-state index contributed by atoms with van der Waals surface area (Å²) in [6, 6.07) is 0.0154. The smallest absolute Gasteiger partial charge is 0.305 e. The van der Waals surface area contributed by atoms with Gasteiger partial charge in [0.1, 0.15) is 0 Å². The third-order valence-corrected chi connectivity index (χ3v) is 2.42.